The number of nitrogens with zero attached hydrogens (tertiary/aromatic N) is 1. The largest absolute Gasteiger partial charge is 0.354 e. The molecule has 0 spiro atoms. The number of hydrogen-bond acceptors (Lipinski definition) is 2. The van der Waals surface area contributed by atoms with Crippen LogP contribution >= 0.6 is 23.2 Å². The zero-order valence-corrected chi connectivity index (χ0v) is 21.3. The van der Waals surface area contributed by atoms with Crippen molar-refractivity contribution >= 4 is 35.0 Å². The maximum Gasteiger partial charge on any atom is 0.243 e. The number of amides is 2. The lowest BCUT2D eigenvalue weighted by Crippen LogP contribution is -2.51. The Morgan fingerprint density at radius 3 is 2.29 bits per heavy atom. The summed E-state index contributed by atoms with van der Waals surface area (Å²) in [6.45, 7) is 4.55. The molecule has 7 heteroatoms. The molecule has 0 radical (unpaired) electrons. The zero-order chi connectivity index (χ0) is 25.4. The van der Waals surface area contributed by atoms with Crippen LogP contribution < -0.4 is 5.32 Å². The Bertz CT molecular complexity index is 1150. The normalized spacial score (nSPS) is 11.8. The van der Waals surface area contributed by atoms with Crippen molar-refractivity contribution in [3.63, 3.8) is 0 Å². The molecule has 1 N–H and O–H groups in total. The van der Waals surface area contributed by atoms with Crippen molar-refractivity contribution in [3.05, 3.63) is 105 Å². The quantitative estimate of drug-likeness (QED) is 0.356. The first kappa shape index (κ1) is 26.7. The molecule has 2 amide bonds. The van der Waals surface area contributed by atoms with Gasteiger partial charge in [-0.1, -0.05) is 91.6 Å². The third kappa shape index (κ3) is 7.81. The van der Waals surface area contributed by atoms with E-state index in [4.69, 9.17) is 23.2 Å². The molecule has 0 saturated carbocycles. The van der Waals surface area contributed by atoms with Gasteiger partial charge in [-0.15, -0.1) is 0 Å². The first-order valence-electron chi connectivity index (χ1n) is 11.5. The summed E-state index contributed by atoms with van der Waals surface area (Å²) < 4.78 is 14.4. The lowest BCUT2D eigenvalue weighted by Gasteiger charge is -2.32. The molecular weight excluding hydrogens is 486 g/mol. The van der Waals surface area contributed by atoms with Crippen LogP contribution in [0.1, 0.15) is 30.5 Å². The molecule has 0 aliphatic rings. The van der Waals surface area contributed by atoms with Gasteiger partial charge >= 0.3 is 0 Å². The van der Waals surface area contributed by atoms with Gasteiger partial charge in [0.1, 0.15) is 11.9 Å². The summed E-state index contributed by atoms with van der Waals surface area (Å²) in [5.74, 6) is -0.866. The summed E-state index contributed by atoms with van der Waals surface area (Å²) in [6, 6.07) is 19.9. The van der Waals surface area contributed by atoms with E-state index in [1.165, 1.54) is 11.0 Å². The average molecular weight is 515 g/mol. The fraction of sp³-hybridized carbons (Fsp3) is 0.286. The Hall–Kier alpha value is -2.89. The smallest absolute Gasteiger partial charge is 0.243 e. The van der Waals surface area contributed by atoms with E-state index >= 15 is 0 Å². The van der Waals surface area contributed by atoms with Crippen LogP contribution in [0.4, 0.5) is 4.39 Å². The van der Waals surface area contributed by atoms with Gasteiger partial charge in [-0.05, 0) is 40.8 Å². The SMILES string of the molecule is CC(C)CNC(=O)[C@H](Cc1ccccc1)N(Cc1ccc(Cl)cc1Cl)C(=O)Cc1ccccc1F. The van der Waals surface area contributed by atoms with Crippen molar-refractivity contribution in [2.45, 2.75) is 39.3 Å². The Morgan fingerprint density at radius 1 is 0.943 bits per heavy atom. The molecule has 3 rings (SSSR count). The van der Waals surface area contributed by atoms with Crippen LogP contribution in [0, 0.1) is 11.7 Å². The first-order chi connectivity index (χ1) is 16.7. The minimum atomic E-state index is -0.817. The molecule has 0 fully saturated rings. The summed E-state index contributed by atoms with van der Waals surface area (Å²) >= 11 is 12.5. The van der Waals surface area contributed by atoms with Crippen molar-refractivity contribution in [1.82, 2.24) is 10.2 Å². The first-order valence-corrected chi connectivity index (χ1v) is 12.3. The molecule has 3 aromatic rings. The van der Waals surface area contributed by atoms with Gasteiger partial charge in [-0.25, -0.2) is 4.39 Å². The van der Waals surface area contributed by atoms with Gasteiger partial charge < -0.3 is 10.2 Å². The predicted octanol–water partition coefficient (Wildman–Crippen LogP) is 6.09. The molecule has 0 saturated heterocycles. The highest BCUT2D eigenvalue weighted by atomic mass is 35.5. The Kier molecular flexibility index (Phi) is 9.70. The minimum absolute atomic E-state index is 0.0793. The molecule has 0 aliphatic heterocycles. The summed E-state index contributed by atoms with van der Waals surface area (Å²) in [7, 11) is 0. The van der Waals surface area contributed by atoms with Gasteiger partial charge in [-0.2, -0.15) is 0 Å². The van der Waals surface area contributed by atoms with Gasteiger partial charge in [0.2, 0.25) is 11.8 Å². The molecule has 4 nitrogen and oxygen atoms in total. The second-order valence-corrected chi connectivity index (χ2v) is 9.71. The third-order valence-corrected chi connectivity index (χ3v) is 6.20. The number of halogens is 3. The van der Waals surface area contributed by atoms with Gasteiger partial charge in [-0.3, -0.25) is 9.59 Å². The number of nitrogens with one attached hydrogen (secondary N) is 1. The van der Waals surface area contributed by atoms with Crippen LogP contribution in [0.5, 0.6) is 0 Å². The van der Waals surface area contributed by atoms with Crippen LogP contribution in [-0.4, -0.2) is 29.3 Å². The van der Waals surface area contributed by atoms with E-state index in [-0.39, 0.29) is 36.3 Å². The second-order valence-electron chi connectivity index (χ2n) is 8.87. The van der Waals surface area contributed by atoms with E-state index < -0.39 is 11.9 Å². The van der Waals surface area contributed by atoms with Crippen LogP contribution in [0.3, 0.4) is 0 Å². The lowest BCUT2D eigenvalue weighted by atomic mass is 10.0. The van der Waals surface area contributed by atoms with Crippen molar-refractivity contribution in [1.29, 1.82) is 0 Å². The highest BCUT2D eigenvalue weighted by molar-refractivity contribution is 6.35. The van der Waals surface area contributed by atoms with E-state index in [1.807, 2.05) is 44.2 Å². The van der Waals surface area contributed by atoms with Crippen molar-refractivity contribution in [2.24, 2.45) is 5.92 Å². The summed E-state index contributed by atoms with van der Waals surface area (Å²) in [5.41, 5.74) is 1.82. The molecule has 0 aliphatic carbocycles. The maximum absolute atomic E-state index is 14.4. The molecule has 1 atom stereocenters. The van der Waals surface area contributed by atoms with Crippen LogP contribution in [0.25, 0.3) is 0 Å². The molecule has 3 aromatic carbocycles. The van der Waals surface area contributed by atoms with Gasteiger partial charge in [0, 0.05) is 29.6 Å². The molecule has 0 unspecified atom stereocenters. The molecule has 0 aromatic heterocycles. The molecule has 35 heavy (non-hydrogen) atoms. The predicted molar refractivity (Wildman–Crippen MR) is 139 cm³/mol. The van der Waals surface area contributed by atoms with Crippen LogP contribution in [-0.2, 0) is 29.0 Å². The van der Waals surface area contributed by atoms with E-state index in [1.54, 1.807) is 36.4 Å². The molecular formula is C28H29Cl2FN2O2. The van der Waals surface area contributed by atoms with E-state index in [0.717, 1.165) is 5.56 Å². The molecule has 0 heterocycles. The summed E-state index contributed by atoms with van der Waals surface area (Å²) in [6.07, 6.45) is 0.125. The number of rotatable bonds is 10. The van der Waals surface area contributed by atoms with Gasteiger partial charge in [0.05, 0.1) is 6.42 Å². The van der Waals surface area contributed by atoms with Gasteiger partial charge in [0.15, 0.2) is 0 Å². The average Bonchev–Trinajstić information content (AvgIpc) is 2.83. The van der Waals surface area contributed by atoms with E-state index in [2.05, 4.69) is 5.32 Å². The highest BCUT2D eigenvalue weighted by Crippen LogP contribution is 2.25. The molecule has 0 bridgehead atoms. The third-order valence-electron chi connectivity index (χ3n) is 5.61. The summed E-state index contributed by atoms with van der Waals surface area (Å²) in [4.78, 5) is 28.5. The minimum Gasteiger partial charge on any atom is -0.354 e. The van der Waals surface area contributed by atoms with Crippen molar-refractivity contribution in [2.75, 3.05) is 6.54 Å². The fourth-order valence-corrected chi connectivity index (χ4v) is 4.18. The zero-order valence-electron chi connectivity index (χ0n) is 19.8. The van der Waals surface area contributed by atoms with Crippen molar-refractivity contribution < 1.29 is 14.0 Å². The number of carbonyl (C=O) groups excluding carboxylic acids is 2. The molecule has 184 valence electrons. The number of benzene rings is 3. The topological polar surface area (TPSA) is 49.4 Å². The lowest BCUT2D eigenvalue weighted by molar-refractivity contribution is -0.140. The summed E-state index contributed by atoms with van der Waals surface area (Å²) in [5, 5.41) is 3.82. The fourth-order valence-electron chi connectivity index (χ4n) is 3.72. The second kappa shape index (κ2) is 12.7. The Balaban J connectivity index is 2.00. The van der Waals surface area contributed by atoms with E-state index in [0.29, 0.717) is 28.6 Å². The van der Waals surface area contributed by atoms with Crippen molar-refractivity contribution in [3.8, 4) is 0 Å². The maximum atomic E-state index is 14.4. The van der Waals surface area contributed by atoms with Crippen LogP contribution in [0.2, 0.25) is 10.0 Å². The monoisotopic (exact) mass is 514 g/mol. The standard InChI is InChI=1S/C28H29Cl2FN2O2/c1-19(2)17-32-28(35)26(14-20-8-4-3-5-9-20)33(18-22-12-13-23(29)16-24(22)30)27(34)15-21-10-6-7-11-25(21)31/h3-13,16,19,26H,14-15,17-18H2,1-2H3,(H,32,35)/t26-/m0/s1. The highest BCUT2D eigenvalue weighted by Gasteiger charge is 2.31. The van der Waals surface area contributed by atoms with E-state index in [9.17, 15) is 14.0 Å². The number of hydrogen-bond donors (Lipinski definition) is 1. The Morgan fingerprint density at radius 2 is 1.63 bits per heavy atom. The van der Waals surface area contributed by atoms with Crippen LogP contribution in [0.15, 0.2) is 72.8 Å². The Labute approximate surface area is 216 Å². The van der Waals surface area contributed by atoms with Gasteiger partial charge in [0.25, 0.3) is 0 Å². The number of carbonyl (C=O) groups is 2.